The van der Waals surface area contributed by atoms with Crippen molar-refractivity contribution in [2.75, 3.05) is 33.3 Å². The van der Waals surface area contributed by atoms with E-state index >= 15 is 0 Å². The molecule has 5 nitrogen and oxygen atoms in total. The van der Waals surface area contributed by atoms with E-state index in [1.807, 2.05) is 23.1 Å². The van der Waals surface area contributed by atoms with E-state index in [4.69, 9.17) is 4.74 Å². The summed E-state index contributed by atoms with van der Waals surface area (Å²) in [5, 5.41) is 0. The Labute approximate surface area is 166 Å². The summed E-state index contributed by atoms with van der Waals surface area (Å²) in [6, 6.07) is 17.5. The number of ketones is 1. The Morgan fingerprint density at radius 3 is 2.43 bits per heavy atom. The first-order chi connectivity index (χ1) is 13.5. The molecular weight excluding hydrogens is 352 g/mol. The summed E-state index contributed by atoms with van der Waals surface area (Å²) in [5.74, 6) is 0.939. The van der Waals surface area contributed by atoms with Crippen molar-refractivity contribution in [3.8, 4) is 5.75 Å². The number of Topliss-reactive ketones (excluding diaryl/α,β-unsaturated/α-hetero) is 1. The second-order valence-electron chi connectivity index (χ2n) is 7.31. The summed E-state index contributed by atoms with van der Waals surface area (Å²) >= 11 is 0. The Morgan fingerprint density at radius 1 is 1.04 bits per heavy atom. The Morgan fingerprint density at radius 2 is 1.75 bits per heavy atom. The van der Waals surface area contributed by atoms with Gasteiger partial charge in [-0.3, -0.25) is 9.59 Å². The van der Waals surface area contributed by atoms with Crippen LogP contribution >= 0.6 is 0 Å². The van der Waals surface area contributed by atoms with Gasteiger partial charge in [0.2, 0.25) is 5.91 Å². The fourth-order valence-electron chi connectivity index (χ4n) is 3.52. The Balaban J connectivity index is 1.51. The maximum Gasteiger partial charge on any atom is 0.223 e. The molecule has 1 atom stereocenters. The predicted octanol–water partition coefficient (Wildman–Crippen LogP) is 3.56. The van der Waals surface area contributed by atoms with Crippen molar-refractivity contribution < 1.29 is 14.3 Å². The van der Waals surface area contributed by atoms with E-state index in [1.165, 1.54) is 5.56 Å². The van der Waals surface area contributed by atoms with Gasteiger partial charge >= 0.3 is 0 Å². The zero-order chi connectivity index (χ0) is 19.9. The highest BCUT2D eigenvalue weighted by Gasteiger charge is 2.29. The molecule has 1 amide bonds. The van der Waals surface area contributed by atoms with Crippen LogP contribution in [0.4, 0.5) is 0 Å². The zero-order valence-corrected chi connectivity index (χ0v) is 16.6. The molecule has 0 radical (unpaired) electrons. The quantitative estimate of drug-likeness (QED) is 0.544. The number of rotatable bonds is 7. The molecule has 1 aliphatic rings. The largest absolute Gasteiger partial charge is 0.494 e. The van der Waals surface area contributed by atoms with Crippen LogP contribution in [0.2, 0.25) is 0 Å². The summed E-state index contributed by atoms with van der Waals surface area (Å²) in [6.45, 7) is 4.53. The van der Waals surface area contributed by atoms with Gasteiger partial charge in [0.05, 0.1) is 12.6 Å². The van der Waals surface area contributed by atoms with Crippen LogP contribution in [0.1, 0.15) is 41.7 Å². The smallest absolute Gasteiger partial charge is 0.223 e. The van der Waals surface area contributed by atoms with Crippen molar-refractivity contribution in [3.05, 3.63) is 65.7 Å². The lowest BCUT2D eigenvalue weighted by atomic mass is 10.0. The highest BCUT2D eigenvalue weighted by molar-refractivity contribution is 5.94. The van der Waals surface area contributed by atoms with Crippen LogP contribution < -0.4 is 4.74 Å². The van der Waals surface area contributed by atoms with E-state index in [2.05, 4.69) is 24.1 Å². The molecule has 0 bridgehead atoms. The Bertz CT molecular complexity index is 789. The molecule has 2 aromatic carbocycles. The molecule has 148 valence electrons. The van der Waals surface area contributed by atoms with Crippen molar-refractivity contribution in [1.29, 1.82) is 0 Å². The second-order valence-corrected chi connectivity index (χ2v) is 7.31. The number of carbonyl (C=O) groups is 2. The minimum absolute atomic E-state index is 0.0392. The van der Waals surface area contributed by atoms with E-state index in [0.29, 0.717) is 25.0 Å². The molecule has 1 unspecified atom stereocenters. The first-order valence-electron chi connectivity index (χ1n) is 9.81. The SMILES string of the molecule is CC(=O)c1ccc(OCCCC(=O)N2CCN(C)CC2c2ccccc2)cc1. The number of piperazine rings is 1. The van der Waals surface area contributed by atoms with Crippen molar-refractivity contribution in [1.82, 2.24) is 9.80 Å². The van der Waals surface area contributed by atoms with E-state index in [0.717, 1.165) is 25.4 Å². The molecule has 0 spiro atoms. The Kier molecular flexibility index (Phi) is 6.82. The monoisotopic (exact) mass is 380 g/mol. The third-order valence-electron chi connectivity index (χ3n) is 5.15. The number of ether oxygens (including phenoxy) is 1. The van der Waals surface area contributed by atoms with Crippen LogP contribution in [-0.2, 0) is 4.79 Å². The molecule has 0 aliphatic carbocycles. The van der Waals surface area contributed by atoms with E-state index in [1.54, 1.807) is 31.2 Å². The Hall–Kier alpha value is -2.66. The van der Waals surface area contributed by atoms with Crippen LogP contribution in [0.3, 0.4) is 0 Å². The van der Waals surface area contributed by atoms with E-state index in [9.17, 15) is 9.59 Å². The molecular formula is C23H28N2O3. The number of hydrogen-bond donors (Lipinski definition) is 0. The standard InChI is InChI=1S/C23H28N2O3/c1-18(26)19-10-12-21(13-11-19)28-16-6-9-23(27)25-15-14-24(2)17-22(25)20-7-4-3-5-8-20/h3-5,7-8,10-13,22H,6,9,14-17H2,1-2H3. The average molecular weight is 380 g/mol. The molecule has 3 rings (SSSR count). The molecule has 28 heavy (non-hydrogen) atoms. The zero-order valence-electron chi connectivity index (χ0n) is 16.6. The lowest BCUT2D eigenvalue weighted by molar-refractivity contribution is -0.136. The van der Waals surface area contributed by atoms with Gasteiger partial charge in [0.1, 0.15) is 5.75 Å². The van der Waals surface area contributed by atoms with Crippen molar-refractivity contribution in [2.45, 2.75) is 25.8 Å². The number of carbonyl (C=O) groups excluding carboxylic acids is 2. The fraction of sp³-hybridized carbons (Fsp3) is 0.391. The predicted molar refractivity (Wildman–Crippen MR) is 110 cm³/mol. The van der Waals surface area contributed by atoms with Gasteiger partial charge < -0.3 is 14.5 Å². The summed E-state index contributed by atoms with van der Waals surface area (Å²) in [4.78, 5) is 28.4. The van der Waals surface area contributed by atoms with Gasteiger partial charge in [-0.15, -0.1) is 0 Å². The van der Waals surface area contributed by atoms with Crippen LogP contribution in [0.25, 0.3) is 0 Å². The van der Waals surface area contributed by atoms with Crippen molar-refractivity contribution in [2.24, 2.45) is 0 Å². The van der Waals surface area contributed by atoms with Crippen LogP contribution in [0, 0.1) is 0 Å². The highest BCUT2D eigenvalue weighted by atomic mass is 16.5. The molecule has 1 aliphatic heterocycles. The van der Waals surface area contributed by atoms with Crippen LogP contribution in [0.15, 0.2) is 54.6 Å². The number of benzene rings is 2. The third kappa shape index (κ3) is 5.20. The van der Waals surface area contributed by atoms with Crippen molar-refractivity contribution in [3.63, 3.8) is 0 Å². The van der Waals surface area contributed by atoms with E-state index < -0.39 is 0 Å². The molecule has 5 heteroatoms. The first-order valence-corrected chi connectivity index (χ1v) is 9.81. The number of hydrogen-bond acceptors (Lipinski definition) is 4. The maximum atomic E-state index is 12.8. The number of likely N-dealkylation sites (N-methyl/N-ethyl adjacent to an activating group) is 1. The van der Waals surface area contributed by atoms with Gasteiger partial charge in [-0.25, -0.2) is 0 Å². The number of nitrogens with zero attached hydrogens (tertiary/aromatic N) is 2. The van der Waals surface area contributed by atoms with Gasteiger partial charge in [-0.05, 0) is 50.2 Å². The average Bonchev–Trinajstić information content (AvgIpc) is 2.72. The second kappa shape index (κ2) is 9.51. The third-order valence-corrected chi connectivity index (χ3v) is 5.15. The summed E-state index contributed by atoms with van der Waals surface area (Å²) in [6.07, 6.45) is 1.14. The van der Waals surface area contributed by atoms with Crippen molar-refractivity contribution >= 4 is 11.7 Å². The molecule has 2 aromatic rings. The van der Waals surface area contributed by atoms with Gasteiger partial charge in [0.25, 0.3) is 0 Å². The van der Waals surface area contributed by atoms with Gasteiger partial charge in [0, 0.05) is 31.6 Å². The fourth-order valence-corrected chi connectivity index (χ4v) is 3.52. The van der Waals surface area contributed by atoms with Gasteiger partial charge in [0.15, 0.2) is 5.78 Å². The number of amides is 1. The van der Waals surface area contributed by atoms with Crippen LogP contribution in [0.5, 0.6) is 5.75 Å². The van der Waals surface area contributed by atoms with Gasteiger partial charge in [-0.2, -0.15) is 0 Å². The normalized spacial score (nSPS) is 17.4. The highest BCUT2D eigenvalue weighted by Crippen LogP contribution is 2.25. The molecule has 1 fully saturated rings. The lowest BCUT2D eigenvalue weighted by Crippen LogP contribution is -2.49. The molecule has 1 saturated heterocycles. The minimum atomic E-state index is 0.0392. The summed E-state index contributed by atoms with van der Waals surface area (Å²) in [7, 11) is 2.10. The summed E-state index contributed by atoms with van der Waals surface area (Å²) < 4.78 is 5.72. The molecule has 0 aromatic heterocycles. The maximum absolute atomic E-state index is 12.8. The molecule has 1 heterocycles. The molecule has 0 N–H and O–H groups in total. The van der Waals surface area contributed by atoms with Crippen LogP contribution in [-0.4, -0.2) is 54.8 Å². The van der Waals surface area contributed by atoms with E-state index in [-0.39, 0.29) is 17.7 Å². The first kappa shape index (κ1) is 20.1. The topological polar surface area (TPSA) is 49.9 Å². The molecule has 0 saturated carbocycles. The minimum Gasteiger partial charge on any atom is -0.494 e. The summed E-state index contributed by atoms with van der Waals surface area (Å²) in [5.41, 5.74) is 1.86. The van der Waals surface area contributed by atoms with Gasteiger partial charge in [-0.1, -0.05) is 30.3 Å². The lowest BCUT2D eigenvalue weighted by Gasteiger charge is -2.40.